The SMILES string of the molecule is CC(C(=O)O)S(=O)(=O)N(C)Cc1ccc2c(c1)OCO2. The van der Waals surface area contributed by atoms with Crippen LogP contribution in [-0.2, 0) is 21.4 Å². The predicted molar refractivity (Wildman–Crippen MR) is 70.0 cm³/mol. The van der Waals surface area contributed by atoms with Crippen LogP contribution in [0.4, 0.5) is 0 Å². The Labute approximate surface area is 116 Å². The topological polar surface area (TPSA) is 93.1 Å². The van der Waals surface area contributed by atoms with Crippen molar-refractivity contribution in [1.29, 1.82) is 0 Å². The van der Waals surface area contributed by atoms with E-state index in [1.54, 1.807) is 18.2 Å². The van der Waals surface area contributed by atoms with Crippen LogP contribution in [0, 0.1) is 0 Å². The lowest BCUT2D eigenvalue weighted by molar-refractivity contribution is -0.136. The number of hydrogen-bond donors (Lipinski definition) is 1. The fourth-order valence-electron chi connectivity index (χ4n) is 1.78. The summed E-state index contributed by atoms with van der Waals surface area (Å²) in [7, 11) is -2.54. The maximum absolute atomic E-state index is 12.0. The smallest absolute Gasteiger partial charge is 0.323 e. The standard InChI is InChI=1S/C12H15NO6S/c1-8(12(14)15)20(16,17)13(2)6-9-3-4-10-11(5-9)19-7-18-10/h3-5,8H,6-7H2,1-2H3,(H,14,15). The largest absolute Gasteiger partial charge is 0.480 e. The molecule has 0 amide bonds. The molecule has 1 aliphatic rings. The number of fused-ring (bicyclic) bond motifs is 1. The summed E-state index contributed by atoms with van der Waals surface area (Å²) < 4.78 is 35.4. The van der Waals surface area contributed by atoms with Gasteiger partial charge < -0.3 is 14.6 Å². The first-order valence-electron chi connectivity index (χ1n) is 5.89. The summed E-state index contributed by atoms with van der Waals surface area (Å²) in [6.45, 7) is 1.35. The van der Waals surface area contributed by atoms with Gasteiger partial charge in [0, 0.05) is 13.6 Å². The molecule has 20 heavy (non-hydrogen) atoms. The number of nitrogens with zero attached hydrogens (tertiary/aromatic N) is 1. The minimum absolute atomic E-state index is 0.0661. The summed E-state index contributed by atoms with van der Waals surface area (Å²) in [6.07, 6.45) is 0. The van der Waals surface area contributed by atoms with Crippen LogP contribution in [-0.4, -0.2) is 42.9 Å². The maximum Gasteiger partial charge on any atom is 0.323 e. The zero-order chi connectivity index (χ0) is 14.9. The Morgan fingerprint density at radius 3 is 2.70 bits per heavy atom. The quantitative estimate of drug-likeness (QED) is 0.858. The van der Waals surface area contributed by atoms with Crippen LogP contribution >= 0.6 is 0 Å². The van der Waals surface area contributed by atoms with Crippen molar-refractivity contribution in [2.75, 3.05) is 13.8 Å². The molecule has 0 saturated heterocycles. The van der Waals surface area contributed by atoms with Crippen LogP contribution < -0.4 is 9.47 Å². The molecule has 1 aromatic carbocycles. The van der Waals surface area contributed by atoms with Crippen molar-refractivity contribution in [3.05, 3.63) is 23.8 Å². The van der Waals surface area contributed by atoms with E-state index in [-0.39, 0.29) is 13.3 Å². The minimum atomic E-state index is -3.89. The number of sulfonamides is 1. The first kappa shape index (κ1) is 14.6. The molecule has 0 aromatic heterocycles. The molecule has 0 spiro atoms. The minimum Gasteiger partial charge on any atom is -0.480 e. The van der Waals surface area contributed by atoms with Gasteiger partial charge in [0.1, 0.15) is 0 Å². The highest BCUT2D eigenvalue weighted by Crippen LogP contribution is 2.32. The number of carbonyl (C=O) groups is 1. The van der Waals surface area contributed by atoms with Gasteiger partial charge in [0.05, 0.1) is 0 Å². The molecule has 1 aliphatic heterocycles. The zero-order valence-corrected chi connectivity index (χ0v) is 11.9. The summed E-state index contributed by atoms with van der Waals surface area (Å²) in [5.41, 5.74) is 0.693. The van der Waals surface area contributed by atoms with Gasteiger partial charge in [0.25, 0.3) is 0 Å². The van der Waals surface area contributed by atoms with Crippen LogP contribution in [0.3, 0.4) is 0 Å². The Kier molecular flexibility index (Phi) is 3.87. The number of carboxylic acid groups (broad SMARTS) is 1. The molecular weight excluding hydrogens is 286 g/mol. The van der Waals surface area contributed by atoms with E-state index in [0.29, 0.717) is 17.1 Å². The van der Waals surface area contributed by atoms with Crippen molar-refractivity contribution in [2.45, 2.75) is 18.7 Å². The van der Waals surface area contributed by atoms with Crippen molar-refractivity contribution in [3.8, 4) is 11.5 Å². The Balaban J connectivity index is 2.15. The molecular formula is C12H15NO6S. The third-order valence-electron chi connectivity index (χ3n) is 3.07. The normalized spacial score (nSPS) is 15.3. The summed E-state index contributed by atoms with van der Waals surface area (Å²) in [4.78, 5) is 10.8. The Bertz CT molecular complexity index is 627. The molecule has 1 aromatic rings. The van der Waals surface area contributed by atoms with Crippen molar-refractivity contribution >= 4 is 16.0 Å². The average Bonchev–Trinajstić information content (AvgIpc) is 2.84. The summed E-state index contributed by atoms with van der Waals surface area (Å²) in [5, 5.41) is 7.33. The van der Waals surface area contributed by atoms with E-state index in [0.717, 1.165) is 11.2 Å². The molecule has 1 N–H and O–H groups in total. The number of ether oxygens (including phenoxy) is 2. The number of carboxylic acids is 1. The number of aliphatic carboxylic acids is 1. The second-order valence-electron chi connectivity index (χ2n) is 4.47. The molecule has 0 bridgehead atoms. The van der Waals surface area contributed by atoms with E-state index in [1.807, 2.05) is 0 Å². The highest BCUT2D eigenvalue weighted by atomic mass is 32.2. The lowest BCUT2D eigenvalue weighted by atomic mass is 10.2. The fourth-order valence-corrected chi connectivity index (χ4v) is 2.91. The molecule has 1 atom stereocenters. The summed E-state index contributed by atoms with van der Waals surface area (Å²) in [6, 6.07) is 5.09. The van der Waals surface area contributed by atoms with Gasteiger partial charge in [0.15, 0.2) is 16.7 Å². The average molecular weight is 301 g/mol. The second-order valence-corrected chi connectivity index (χ2v) is 6.83. The van der Waals surface area contributed by atoms with Crippen LogP contribution in [0.2, 0.25) is 0 Å². The number of rotatable bonds is 5. The molecule has 7 nitrogen and oxygen atoms in total. The molecule has 1 heterocycles. The second kappa shape index (κ2) is 5.29. The summed E-state index contributed by atoms with van der Waals surface area (Å²) in [5.74, 6) is -0.208. The van der Waals surface area contributed by atoms with Gasteiger partial charge in [-0.15, -0.1) is 0 Å². The van der Waals surface area contributed by atoms with Gasteiger partial charge >= 0.3 is 5.97 Å². The lowest BCUT2D eigenvalue weighted by Gasteiger charge is -2.19. The zero-order valence-electron chi connectivity index (χ0n) is 11.1. The first-order chi connectivity index (χ1) is 9.32. The van der Waals surface area contributed by atoms with Crippen LogP contribution in [0.25, 0.3) is 0 Å². The van der Waals surface area contributed by atoms with E-state index in [2.05, 4.69) is 0 Å². The fraction of sp³-hybridized carbons (Fsp3) is 0.417. The molecule has 110 valence electrons. The van der Waals surface area contributed by atoms with E-state index in [9.17, 15) is 13.2 Å². The monoisotopic (exact) mass is 301 g/mol. The Morgan fingerprint density at radius 2 is 2.05 bits per heavy atom. The molecule has 0 radical (unpaired) electrons. The highest BCUT2D eigenvalue weighted by molar-refractivity contribution is 7.90. The molecule has 0 aliphatic carbocycles. The predicted octanol–water partition coefficient (Wildman–Crippen LogP) is 0.650. The van der Waals surface area contributed by atoms with Crippen LogP contribution in [0.1, 0.15) is 12.5 Å². The van der Waals surface area contributed by atoms with E-state index in [4.69, 9.17) is 14.6 Å². The van der Waals surface area contributed by atoms with Gasteiger partial charge in [-0.05, 0) is 24.6 Å². The van der Waals surface area contributed by atoms with Gasteiger partial charge in [-0.25, -0.2) is 8.42 Å². The van der Waals surface area contributed by atoms with Crippen LogP contribution in [0.5, 0.6) is 11.5 Å². The molecule has 2 rings (SSSR count). The maximum atomic E-state index is 12.0. The van der Waals surface area contributed by atoms with Crippen molar-refractivity contribution < 1.29 is 27.8 Å². The van der Waals surface area contributed by atoms with Gasteiger partial charge in [0.2, 0.25) is 16.8 Å². The van der Waals surface area contributed by atoms with Gasteiger partial charge in [-0.3, -0.25) is 4.79 Å². The van der Waals surface area contributed by atoms with E-state index < -0.39 is 21.2 Å². The van der Waals surface area contributed by atoms with Crippen molar-refractivity contribution in [2.24, 2.45) is 0 Å². The molecule has 1 unspecified atom stereocenters. The highest BCUT2D eigenvalue weighted by Gasteiger charge is 2.31. The van der Waals surface area contributed by atoms with Gasteiger partial charge in [-0.2, -0.15) is 4.31 Å². The molecule has 0 fully saturated rings. The molecule has 0 saturated carbocycles. The van der Waals surface area contributed by atoms with Crippen molar-refractivity contribution in [1.82, 2.24) is 4.31 Å². The Morgan fingerprint density at radius 1 is 1.40 bits per heavy atom. The summed E-state index contributed by atoms with van der Waals surface area (Å²) >= 11 is 0. The lowest BCUT2D eigenvalue weighted by Crippen LogP contribution is -2.38. The third kappa shape index (κ3) is 2.70. The van der Waals surface area contributed by atoms with E-state index in [1.165, 1.54) is 7.05 Å². The third-order valence-corrected chi connectivity index (χ3v) is 5.16. The van der Waals surface area contributed by atoms with Crippen LogP contribution in [0.15, 0.2) is 18.2 Å². The number of benzene rings is 1. The number of hydrogen-bond acceptors (Lipinski definition) is 5. The van der Waals surface area contributed by atoms with Crippen molar-refractivity contribution in [3.63, 3.8) is 0 Å². The van der Waals surface area contributed by atoms with E-state index >= 15 is 0 Å². The Hall–Kier alpha value is -1.80. The van der Waals surface area contributed by atoms with Gasteiger partial charge in [-0.1, -0.05) is 6.07 Å². The molecule has 8 heteroatoms. The first-order valence-corrected chi connectivity index (χ1v) is 7.39.